The number of unbranched alkanes of at least 4 members (excludes halogenated alkanes) is 1. The summed E-state index contributed by atoms with van der Waals surface area (Å²) in [5.74, 6) is -5.85. The molecule has 1 aliphatic rings. The van der Waals surface area contributed by atoms with Crippen molar-refractivity contribution in [1.29, 1.82) is 0 Å². The molecule has 0 aromatic heterocycles. The molecule has 3 atom stereocenters. The highest BCUT2D eigenvalue weighted by Crippen LogP contribution is 2.28. The van der Waals surface area contributed by atoms with E-state index in [2.05, 4.69) is 4.74 Å². The normalized spacial score (nSPS) is 33.9. The monoisotopic (exact) mass is 292 g/mol. The van der Waals surface area contributed by atoms with Gasteiger partial charge in [-0.05, 0) is 19.3 Å². The molecule has 1 aliphatic heterocycles. The number of cyclic esters (lactones) is 2. The van der Waals surface area contributed by atoms with Crippen molar-refractivity contribution in [2.24, 2.45) is 0 Å². The van der Waals surface area contributed by atoms with Crippen LogP contribution in [0.2, 0.25) is 0 Å². The summed E-state index contributed by atoms with van der Waals surface area (Å²) in [4.78, 5) is 23.4. The molecule has 8 nitrogen and oxygen atoms in total. The maximum atomic E-state index is 11.8. The standard InChI is InChI=1S/C12H20O8/c1-3-5-6-7-12(17,18)20-10(15)11(16,4-2)8(13)9(14)19-7/h7-8,13,16-18H,3-6H2,1-2H3. The fourth-order valence-electron chi connectivity index (χ4n) is 1.85. The molecule has 4 N–H and O–H groups in total. The third-order valence-electron chi connectivity index (χ3n) is 3.31. The zero-order valence-corrected chi connectivity index (χ0v) is 11.4. The van der Waals surface area contributed by atoms with Crippen LogP contribution < -0.4 is 0 Å². The van der Waals surface area contributed by atoms with Crippen LogP contribution in [0.15, 0.2) is 0 Å². The van der Waals surface area contributed by atoms with Gasteiger partial charge in [-0.3, -0.25) is 0 Å². The largest absolute Gasteiger partial charge is 0.450 e. The molecular formula is C12H20O8. The number of carbonyl (C=O) groups excluding carboxylic acids is 2. The van der Waals surface area contributed by atoms with E-state index >= 15 is 0 Å². The van der Waals surface area contributed by atoms with Gasteiger partial charge in [0, 0.05) is 0 Å². The molecule has 0 spiro atoms. The van der Waals surface area contributed by atoms with Gasteiger partial charge in [-0.2, -0.15) is 0 Å². The molecule has 8 heteroatoms. The van der Waals surface area contributed by atoms with Crippen LogP contribution in [0.5, 0.6) is 0 Å². The van der Waals surface area contributed by atoms with Gasteiger partial charge in [0.1, 0.15) is 0 Å². The number of hydrogen-bond donors (Lipinski definition) is 4. The number of esters is 2. The Hall–Kier alpha value is -1.22. The third-order valence-corrected chi connectivity index (χ3v) is 3.31. The molecule has 1 saturated heterocycles. The summed E-state index contributed by atoms with van der Waals surface area (Å²) in [5, 5.41) is 39.1. The molecule has 0 aromatic carbocycles. The summed E-state index contributed by atoms with van der Waals surface area (Å²) in [6, 6.07) is 0. The maximum Gasteiger partial charge on any atom is 0.363 e. The van der Waals surface area contributed by atoms with Gasteiger partial charge < -0.3 is 29.9 Å². The molecule has 0 bridgehead atoms. The Morgan fingerprint density at radius 1 is 1.20 bits per heavy atom. The zero-order chi connectivity index (χ0) is 15.6. The van der Waals surface area contributed by atoms with Gasteiger partial charge in [0.25, 0.3) is 0 Å². The van der Waals surface area contributed by atoms with Crippen LogP contribution >= 0.6 is 0 Å². The fourth-order valence-corrected chi connectivity index (χ4v) is 1.85. The van der Waals surface area contributed by atoms with Gasteiger partial charge in [0.05, 0.1) is 0 Å². The van der Waals surface area contributed by atoms with Gasteiger partial charge in [0.15, 0.2) is 17.8 Å². The summed E-state index contributed by atoms with van der Waals surface area (Å²) in [5.41, 5.74) is -2.58. The van der Waals surface area contributed by atoms with Crippen molar-refractivity contribution in [3.8, 4) is 0 Å². The second-order valence-electron chi connectivity index (χ2n) is 4.80. The fraction of sp³-hybridized carbons (Fsp3) is 0.833. The van der Waals surface area contributed by atoms with Crippen molar-refractivity contribution in [3.63, 3.8) is 0 Å². The Morgan fingerprint density at radius 3 is 2.30 bits per heavy atom. The lowest BCUT2D eigenvalue weighted by molar-refractivity contribution is -0.371. The van der Waals surface area contributed by atoms with Crippen LogP contribution in [0.4, 0.5) is 0 Å². The molecule has 20 heavy (non-hydrogen) atoms. The molecule has 0 aromatic rings. The average molecular weight is 292 g/mol. The van der Waals surface area contributed by atoms with Gasteiger partial charge in [-0.1, -0.05) is 20.3 Å². The summed E-state index contributed by atoms with van der Waals surface area (Å²) in [6.07, 6.45) is -2.86. The van der Waals surface area contributed by atoms with Gasteiger partial charge in [-0.15, -0.1) is 0 Å². The predicted molar refractivity (Wildman–Crippen MR) is 63.9 cm³/mol. The maximum absolute atomic E-state index is 11.8. The Balaban J connectivity index is 3.07. The number of ether oxygens (including phenoxy) is 2. The molecule has 1 rings (SSSR count). The summed E-state index contributed by atoms with van der Waals surface area (Å²) < 4.78 is 9.14. The van der Waals surface area contributed by atoms with Crippen molar-refractivity contribution >= 4 is 11.9 Å². The number of carbonyl (C=O) groups is 2. The second-order valence-corrected chi connectivity index (χ2v) is 4.80. The molecule has 0 amide bonds. The molecule has 0 saturated carbocycles. The lowest BCUT2D eigenvalue weighted by Crippen LogP contribution is -2.62. The first-order valence-corrected chi connectivity index (χ1v) is 6.48. The predicted octanol–water partition coefficient (Wildman–Crippen LogP) is -1.21. The van der Waals surface area contributed by atoms with Crippen molar-refractivity contribution in [1.82, 2.24) is 0 Å². The minimum Gasteiger partial charge on any atom is -0.450 e. The van der Waals surface area contributed by atoms with Crippen LogP contribution in [0.3, 0.4) is 0 Å². The molecule has 1 heterocycles. The number of hydrogen-bond acceptors (Lipinski definition) is 8. The number of aliphatic hydroxyl groups excluding tert-OH is 1. The van der Waals surface area contributed by atoms with Crippen molar-refractivity contribution in [2.45, 2.75) is 63.3 Å². The smallest absolute Gasteiger partial charge is 0.363 e. The Morgan fingerprint density at radius 2 is 1.80 bits per heavy atom. The van der Waals surface area contributed by atoms with Crippen LogP contribution in [0.1, 0.15) is 39.5 Å². The molecule has 116 valence electrons. The highest BCUT2D eigenvalue weighted by Gasteiger charge is 2.56. The minimum absolute atomic E-state index is 0.0276. The van der Waals surface area contributed by atoms with Gasteiger partial charge >= 0.3 is 17.9 Å². The van der Waals surface area contributed by atoms with Gasteiger partial charge in [0.2, 0.25) is 0 Å². The lowest BCUT2D eigenvalue weighted by Gasteiger charge is -2.38. The molecule has 3 unspecified atom stereocenters. The van der Waals surface area contributed by atoms with E-state index in [9.17, 15) is 30.0 Å². The molecular weight excluding hydrogens is 272 g/mol. The zero-order valence-electron chi connectivity index (χ0n) is 11.4. The Bertz CT molecular complexity index is 380. The SMILES string of the molecule is CCCCC1OC(=O)C(O)C(O)(CC)C(=O)OC1(O)O. The van der Waals surface area contributed by atoms with E-state index in [-0.39, 0.29) is 12.8 Å². The van der Waals surface area contributed by atoms with Crippen LogP contribution in [0, 0.1) is 0 Å². The molecule has 1 fully saturated rings. The second kappa shape index (κ2) is 6.04. The van der Waals surface area contributed by atoms with E-state index in [0.717, 1.165) is 0 Å². The highest BCUT2D eigenvalue weighted by molar-refractivity contribution is 5.89. The summed E-state index contributed by atoms with van der Waals surface area (Å²) >= 11 is 0. The lowest BCUT2D eigenvalue weighted by atomic mass is 9.93. The summed E-state index contributed by atoms with van der Waals surface area (Å²) in [6.45, 7) is 3.15. The van der Waals surface area contributed by atoms with Crippen molar-refractivity contribution in [2.75, 3.05) is 0 Å². The van der Waals surface area contributed by atoms with E-state index in [1.165, 1.54) is 6.92 Å². The number of rotatable bonds is 4. The van der Waals surface area contributed by atoms with Crippen LogP contribution in [-0.4, -0.2) is 56.1 Å². The Kier molecular flexibility index (Phi) is 5.09. The first-order valence-electron chi connectivity index (χ1n) is 6.48. The number of aliphatic hydroxyl groups is 4. The first kappa shape index (κ1) is 16.8. The van der Waals surface area contributed by atoms with E-state index in [1.54, 1.807) is 0 Å². The van der Waals surface area contributed by atoms with E-state index in [0.29, 0.717) is 12.8 Å². The topological polar surface area (TPSA) is 134 Å². The molecule has 0 aliphatic carbocycles. The summed E-state index contributed by atoms with van der Waals surface area (Å²) in [7, 11) is 0. The highest BCUT2D eigenvalue weighted by atomic mass is 16.8. The van der Waals surface area contributed by atoms with E-state index in [1.807, 2.05) is 6.92 Å². The first-order chi connectivity index (χ1) is 9.19. The third kappa shape index (κ3) is 3.09. The molecule has 0 radical (unpaired) electrons. The van der Waals surface area contributed by atoms with Crippen LogP contribution in [0.25, 0.3) is 0 Å². The van der Waals surface area contributed by atoms with E-state index < -0.39 is 35.7 Å². The van der Waals surface area contributed by atoms with E-state index in [4.69, 9.17) is 4.74 Å². The Labute approximate surface area is 115 Å². The quantitative estimate of drug-likeness (QED) is 0.374. The minimum atomic E-state index is -3.05. The van der Waals surface area contributed by atoms with Gasteiger partial charge in [-0.25, -0.2) is 9.59 Å². The van der Waals surface area contributed by atoms with Crippen molar-refractivity contribution < 1.29 is 39.5 Å². The van der Waals surface area contributed by atoms with Crippen LogP contribution in [-0.2, 0) is 19.1 Å². The average Bonchev–Trinajstić information content (AvgIpc) is 2.39. The van der Waals surface area contributed by atoms with Crippen molar-refractivity contribution in [3.05, 3.63) is 0 Å².